The predicted molar refractivity (Wildman–Crippen MR) is 126 cm³/mol. The molecule has 0 bridgehead atoms. The highest BCUT2D eigenvalue weighted by molar-refractivity contribution is 6.07. The molecule has 4 rings (SSSR count). The zero-order valence-corrected chi connectivity index (χ0v) is 19.2. The summed E-state index contributed by atoms with van der Waals surface area (Å²) in [5, 5.41) is 10.0. The summed E-state index contributed by atoms with van der Waals surface area (Å²) in [6.45, 7) is 3.94. The van der Waals surface area contributed by atoms with E-state index >= 15 is 0 Å². The topological polar surface area (TPSA) is 109 Å². The van der Waals surface area contributed by atoms with Crippen molar-refractivity contribution in [1.29, 1.82) is 0 Å². The highest BCUT2D eigenvalue weighted by Gasteiger charge is 2.26. The molecule has 1 aliphatic rings. The lowest BCUT2D eigenvalue weighted by Gasteiger charge is -2.26. The molecular formula is C24H29N5O4. The van der Waals surface area contributed by atoms with E-state index in [4.69, 9.17) is 4.52 Å². The van der Waals surface area contributed by atoms with Crippen molar-refractivity contribution in [3.05, 3.63) is 41.8 Å². The van der Waals surface area contributed by atoms with Crippen LogP contribution < -0.4 is 15.5 Å². The highest BCUT2D eigenvalue weighted by Crippen LogP contribution is 2.31. The first-order valence-electron chi connectivity index (χ1n) is 11.3. The Kier molecular flexibility index (Phi) is 6.48. The molecule has 174 valence electrons. The van der Waals surface area contributed by atoms with Crippen LogP contribution in [0.5, 0.6) is 0 Å². The zero-order chi connectivity index (χ0) is 23.5. The molecule has 0 atom stereocenters. The molecule has 33 heavy (non-hydrogen) atoms. The number of fused-ring (bicyclic) bond motifs is 1. The molecular weight excluding hydrogens is 422 g/mol. The Bertz CT molecular complexity index is 1190. The third-order valence-corrected chi connectivity index (χ3v) is 6.09. The summed E-state index contributed by atoms with van der Waals surface area (Å²) in [5.41, 5.74) is 1.42. The van der Waals surface area contributed by atoms with Gasteiger partial charge in [0.15, 0.2) is 5.69 Å². The van der Waals surface area contributed by atoms with Crippen molar-refractivity contribution < 1.29 is 18.9 Å². The molecule has 0 radical (unpaired) electrons. The molecule has 1 fully saturated rings. The maximum absolute atomic E-state index is 13.0. The maximum atomic E-state index is 13.0. The first-order valence-corrected chi connectivity index (χ1v) is 11.3. The summed E-state index contributed by atoms with van der Waals surface area (Å²) < 4.78 is 6.39. The molecule has 2 heterocycles. The van der Waals surface area contributed by atoms with Gasteiger partial charge in [0, 0.05) is 36.7 Å². The van der Waals surface area contributed by atoms with Crippen LogP contribution in [-0.4, -0.2) is 41.2 Å². The fourth-order valence-corrected chi connectivity index (χ4v) is 4.34. The van der Waals surface area contributed by atoms with E-state index in [1.54, 1.807) is 31.0 Å². The summed E-state index contributed by atoms with van der Waals surface area (Å²) in [4.78, 5) is 40.3. The van der Waals surface area contributed by atoms with Gasteiger partial charge in [-0.15, -0.1) is 0 Å². The smallest absolute Gasteiger partial charge is 0.327 e. The zero-order valence-electron chi connectivity index (χ0n) is 19.2. The van der Waals surface area contributed by atoms with Crippen molar-refractivity contribution in [3.8, 4) is 0 Å². The van der Waals surface area contributed by atoms with Crippen molar-refractivity contribution >= 4 is 40.3 Å². The van der Waals surface area contributed by atoms with E-state index in [1.807, 2.05) is 19.1 Å². The number of aromatic nitrogens is 2. The van der Waals surface area contributed by atoms with Crippen molar-refractivity contribution in [2.24, 2.45) is 5.92 Å². The highest BCUT2D eigenvalue weighted by atomic mass is 16.5. The Morgan fingerprint density at radius 3 is 2.58 bits per heavy atom. The molecule has 1 aliphatic carbocycles. The van der Waals surface area contributed by atoms with Crippen LogP contribution in [0.2, 0.25) is 0 Å². The molecule has 1 saturated carbocycles. The van der Waals surface area contributed by atoms with Gasteiger partial charge in [-0.25, -0.2) is 9.36 Å². The van der Waals surface area contributed by atoms with Crippen LogP contribution in [0.4, 0.5) is 16.3 Å². The van der Waals surface area contributed by atoms with E-state index in [-0.39, 0.29) is 23.6 Å². The molecule has 0 unspecified atom stereocenters. The third kappa shape index (κ3) is 4.62. The number of rotatable bonds is 5. The maximum Gasteiger partial charge on any atom is 0.327 e. The second kappa shape index (κ2) is 9.48. The van der Waals surface area contributed by atoms with Crippen LogP contribution in [0, 0.1) is 12.8 Å². The Labute approximate surface area is 192 Å². The molecule has 9 nitrogen and oxygen atoms in total. The Balaban J connectivity index is 1.69. The molecule has 2 aromatic heterocycles. The Morgan fingerprint density at radius 2 is 1.91 bits per heavy atom. The molecule has 0 spiro atoms. The second-order valence-electron chi connectivity index (χ2n) is 8.45. The molecule has 3 amide bonds. The number of carbonyl (C=O) groups is 3. The number of nitrogens with one attached hydrogen (secondary N) is 2. The molecule has 9 heteroatoms. The van der Waals surface area contributed by atoms with Gasteiger partial charge < -0.3 is 20.1 Å². The predicted octanol–water partition coefficient (Wildman–Crippen LogP) is 4.31. The number of anilines is 2. The van der Waals surface area contributed by atoms with Gasteiger partial charge in [-0.1, -0.05) is 30.5 Å². The number of benzene rings is 1. The minimum absolute atomic E-state index is 0.0374. The van der Waals surface area contributed by atoms with Gasteiger partial charge >= 0.3 is 6.03 Å². The Hall–Kier alpha value is -3.62. The lowest BCUT2D eigenvalue weighted by Crippen LogP contribution is -2.34. The van der Waals surface area contributed by atoms with Gasteiger partial charge in [0.05, 0.1) is 5.52 Å². The average Bonchev–Trinajstić information content (AvgIpc) is 3.41. The fourth-order valence-electron chi connectivity index (χ4n) is 4.34. The van der Waals surface area contributed by atoms with E-state index in [0.29, 0.717) is 29.3 Å². The van der Waals surface area contributed by atoms with Crippen molar-refractivity contribution in [1.82, 2.24) is 15.0 Å². The van der Waals surface area contributed by atoms with Crippen LogP contribution in [-0.2, 0) is 4.79 Å². The summed E-state index contributed by atoms with van der Waals surface area (Å²) in [6.07, 6.45) is 5.17. The molecule has 0 aliphatic heterocycles. The van der Waals surface area contributed by atoms with Crippen molar-refractivity contribution in [3.63, 3.8) is 0 Å². The van der Waals surface area contributed by atoms with Crippen molar-refractivity contribution in [2.45, 2.75) is 46.0 Å². The van der Waals surface area contributed by atoms with Crippen LogP contribution in [0.25, 0.3) is 10.9 Å². The van der Waals surface area contributed by atoms with Crippen LogP contribution >= 0.6 is 0 Å². The Morgan fingerprint density at radius 1 is 1.15 bits per heavy atom. The van der Waals surface area contributed by atoms with Crippen LogP contribution in [0.1, 0.15) is 55.3 Å². The molecule has 3 aromatic rings. The molecule has 2 N–H and O–H groups in total. The minimum atomic E-state index is -0.481. The molecule has 0 saturated heterocycles. The second-order valence-corrected chi connectivity index (χ2v) is 8.45. The fraction of sp³-hybridized carbons (Fsp3) is 0.417. The van der Waals surface area contributed by atoms with E-state index < -0.39 is 5.91 Å². The van der Waals surface area contributed by atoms with Gasteiger partial charge in [-0.05, 0) is 44.9 Å². The summed E-state index contributed by atoms with van der Waals surface area (Å²) in [5.74, 6) is 0.472. The van der Waals surface area contributed by atoms with Gasteiger partial charge in [0.1, 0.15) is 11.6 Å². The van der Waals surface area contributed by atoms with Crippen molar-refractivity contribution in [2.75, 3.05) is 23.8 Å². The SMILES string of the molecule is CCNC(=O)n1c(NC(=O)c2cc(C)on2)cc2ccc(N(C)C(=O)C3CCCCC3)cc21. The quantitative estimate of drug-likeness (QED) is 0.601. The standard InChI is InChI=1S/C24H29N5O4/c1-4-25-24(32)29-20-14-18(28(3)23(31)16-8-6-5-7-9-16)11-10-17(20)13-21(29)26-22(30)19-12-15(2)33-27-19/h10-14,16H,4-9H2,1-3H3,(H,25,32)(H,26,30). The van der Waals surface area contributed by atoms with E-state index in [2.05, 4.69) is 15.8 Å². The summed E-state index contributed by atoms with van der Waals surface area (Å²) >= 11 is 0. The lowest BCUT2D eigenvalue weighted by atomic mass is 9.88. The van der Waals surface area contributed by atoms with Gasteiger partial charge in [-0.2, -0.15) is 0 Å². The normalized spacial score (nSPS) is 14.3. The first-order chi connectivity index (χ1) is 15.9. The third-order valence-electron chi connectivity index (χ3n) is 6.09. The minimum Gasteiger partial charge on any atom is -0.361 e. The number of hydrogen-bond acceptors (Lipinski definition) is 5. The number of nitrogens with zero attached hydrogens (tertiary/aromatic N) is 3. The molecule has 1 aromatic carbocycles. The average molecular weight is 452 g/mol. The number of carbonyl (C=O) groups excluding carboxylic acids is 3. The van der Waals surface area contributed by atoms with Crippen LogP contribution in [0.15, 0.2) is 34.9 Å². The van der Waals surface area contributed by atoms with Crippen LogP contribution in [0.3, 0.4) is 0 Å². The van der Waals surface area contributed by atoms with Gasteiger partial charge in [0.25, 0.3) is 5.91 Å². The summed E-state index contributed by atoms with van der Waals surface area (Å²) in [6, 6.07) is 8.39. The largest absolute Gasteiger partial charge is 0.361 e. The van der Waals surface area contributed by atoms with E-state index in [0.717, 1.165) is 31.1 Å². The summed E-state index contributed by atoms with van der Waals surface area (Å²) in [7, 11) is 1.77. The number of hydrogen-bond donors (Lipinski definition) is 2. The van der Waals surface area contributed by atoms with Gasteiger partial charge in [-0.3, -0.25) is 9.59 Å². The number of amides is 3. The van der Waals surface area contributed by atoms with E-state index in [1.165, 1.54) is 17.1 Å². The lowest BCUT2D eigenvalue weighted by molar-refractivity contribution is -0.123. The van der Waals surface area contributed by atoms with Gasteiger partial charge in [0.2, 0.25) is 5.91 Å². The first kappa shape index (κ1) is 22.6. The number of aryl methyl sites for hydroxylation is 1. The monoisotopic (exact) mass is 451 g/mol. The van der Waals surface area contributed by atoms with E-state index in [9.17, 15) is 14.4 Å².